The smallest absolute Gasteiger partial charge is 0.252 e. The topological polar surface area (TPSA) is 81.4 Å². The molecule has 3 heterocycles. The number of amides is 1. The second kappa shape index (κ2) is 7.32. The van der Waals surface area contributed by atoms with Crippen LogP contribution in [-0.2, 0) is 22.6 Å². The van der Waals surface area contributed by atoms with Gasteiger partial charge in [0.2, 0.25) is 5.91 Å². The predicted molar refractivity (Wildman–Crippen MR) is 81.4 cm³/mol. The number of aromatic nitrogens is 3. The van der Waals surface area contributed by atoms with Crippen LogP contribution in [0.3, 0.4) is 0 Å². The largest absolute Gasteiger partial charge is 0.368 e. The van der Waals surface area contributed by atoms with Gasteiger partial charge in [-0.05, 0) is 31.4 Å². The van der Waals surface area contributed by atoms with Crippen molar-refractivity contribution in [3.05, 3.63) is 41.8 Å². The summed E-state index contributed by atoms with van der Waals surface area (Å²) in [6.07, 6.45) is 5.63. The average molecular weight is 316 g/mol. The van der Waals surface area contributed by atoms with Crippen LogP contribution in [0.2, 0.25) is 0 Å². The zero-order chi connectivity index (χ0) is 16.1. The highest BCUT2D eigenvalue weighted by molar-refractivity contribution is 5.78. The van der Waals surface area contributed by atoms with Crippen LogP contribution in [0.15, 0.2) is 29.0 Å². The molecule has 1 saturated heterocycles. The Bertz CT molecular complexity index is 636. The molecule has 2 aromatic heterocycles. The van der Waals surface area contributed by atoms with Gasteiger partial charge in [0, 0.05) is 25.5 Å². The maximum Gasteiger partial charge on any atom is 0.252 e. The van der Waals surface area contributed by atoms with Crippen molar-refractivity contribution in [1.29, 1.82) is 0 Å². The van der Waals surface area contributed by atoms with E-state index in [0.717, 1.165) is 18.4 Å². The summed E-state index contributed by atoms with van der Waals surface area (Å²) in [4.78, 5) is 22.3. The number of carbonyl (C=O) groups excluding carboxylic acids is 1. The Kier molecular flexibility index (Phi) is 4.97. The van der Waals surface area contributed by atoms with Crippen molar-refractivity contribution >= 4 is 5.91 Å². The lowest BCUT2D eigenvalue weighted by Gasteiger charge is -2.31. The minimum atomic E-state index is 0.129. The van der Waals surface area contributed by atoms with Gasteiger partial charge in [-0.15, -0.1) is 0 Å². The lowest BCUT2D eigenvalue weighted by Crippen LogP contribution is -2.41. The molecule has 0 unspecified atom stereocenters. The number of piperidine rings is 1. The maximum absolute atomic E-state index is 12.3. The van der Waals surface area contributed by atoms with E-state index in [4.69, 9.17) is 9.26 Å². The van der Waals surface area contributed by atoms with Gasteiger partial charge in [0.05, 0.1) is 12.5 Å². The van der Waals surface area contributed by atoms with Crippen molar-refractivity contribution in [1.82, 2.24) is 20.0 Å². The molecule has 1 aliphatic rings. The molecule has 122 valence electrons. The first-order chi connectivity index (χ1) is 11.2. The molecule has 7 nitrogen and oxygen atoms in total. The number of rotatable bonds is 5. The Morgan fingerprint density at radius 2 is 2.26 bits per heavy atom. The fourth-order valence-corrected chi connectivity index (χ4v) is 2.65. The normalized spacial score (nSPS) is 15.8. The molecule has 3 rings (SSSR count). The fraction of sp³-hybridized carbons (Fsp3) is 0.500. The van der Waals surface area contributed by atoms with Crippen molar-refractivity contribution in [3.63, 3.8) is 0 Å². The van der Waals surface area contributed by atoms with Gasteiger partial charge in [-0.25, -0.2) is 0 Å². The first-order valence-corrected chi connectivity index (χ1v) is 7.78. The van der Waals surface area contributed by atoms with E-state index in [0.29, 0.717) is 37.8 Å². The molecule has 1 amide bonds. The van der Waals surface area contributed by atoms with Crippen LogP contribution in [0.25, 0.3) is 0 Å². The van der Waals surface area contributed by atoms with Crippen LogP contribution in [0.1, 0.15) is 30.1 Å². The summed E-state index contributed by atoms with van der Waals surface area (Å²) in [6.45, 7) is 3.54. The highest BCUT2D eigenvalue weighted by atomic mass is 16.5. The van der Waals surface area contributed by atoms with E-state index >= 15 is 0 Å². The molecule has 1 fully saturated rings. The van der Waals surface area contributed by atoms with Crippen molar-refractivity contribution in [2.75, 3.05) is 13.1 Å². The number of hydrogen-bond donors (Lipinski definition) is 0. The molecule has 2 aromatic rings. The van der Waals surface area contributed by atoms with Crippen molar-refractivity contribution in [3.8, 4) is 0 Å². The molecule has 1 aliphatic heterocycles. The SMILES string of the molecule is Cc1noc(COC2CCN(C(=O)Cc3cccnc3)CC2)n1. The zero-order valence-corrected chi connectivity index (χ0v) is 13.1. The third-order valence-corrected chi connectivity index (χ3v) is 3.88. The molecule has 0 N–H and O–H groups in total. The molecule has 0 aromatic carbocycles. The van der Waals surface area contributed by atoms with Crippen LogP contribution in [0.4, 0.5) is 0 Å². The molecule has 0 aliphatic carbocycles. The standard InChI is InChI=1S/C16H20N4O3/c1-12-18-15(23-19-12)11-22-14-4-7-20(8-5-14)16(21)9-13-3-2-6-17-10-13/h2-3,6,10,14H,4-5,7-9,11H2,1H3. The van der Waals surface area contributed by atoms with Gasteiger partial charge in [-0.2, -0.15) is 4.98 Å². The van der Waals surface area contributed by atoms with E-state index in [1.807, 2.05) is 17.0 Å². The van der Waals surface area contributed by atoms with Crippen LogP contribution in [-0.4, -0.2) is 45.1 Å². The van der Waals surface area contributed by atoms with E-state index in [-0.39, 0.29) is 12.0 Å². The summed E-state index contributed by atoms with van der Waals surface area (Å²) in [7, 11) is 0. The second-order valence-corrected chi connectivity index (χ2v) is 5.66. The van der Waals surface area contributed by atoms with Gasteiger partial charge < -0.3 is 14.2 Å². The van der Waals surface area contributed by atoms with E-state index in [9.17, 15) is 4.79 Å². The quantitative estimate of drug-likeness (QED) is 0.832. The van der Waals surface area contributed by atoms with Gasteiger partial charge in [-0.3, -0.25) is 9.78 Å². The number of likely N-dealkylation sites (tertiary alicyclic amines) is 1. The molecule has 0 atom stereocenters. The highest BCUT2D eigenvalue weighted by Gasteiger charge is 2.23. The van der Waals surface area contributed by atoms with Crippen molar-refractivity contribution in [2.45, 2.75) is 38.9 Å². The minimum absolute atomic E-state index is 0.129. The Labute approximate surface area is 134 Å². The molecular weight excluding hydrogens is 296 g/mol. The van der Waals surface area contributed by atoms with Crippen LogP contribution >= 0.6 is 0 Å². The van der Waals surface area contributed by atoms with E-state index in [1.54, 1.807) is 19.3 Å². The van der Waals surface area contributed by atoms with Gasteiger partial charge in [0.15, 0.2) is 5.82 Å². The first kappa shape index (κ1) is 15.6. The molecular formula is C16H20N4O3. The molecule has 0 saturated carbocycles. The Morgan fingerprint density at radius 3 is 2.91 bits per heavy atom. The third-order valence-electron chi connectivity index (χ3n) is 3.88. The Hall–Kier alpha value is -2.28. The van der Waals surface area contributed by atoms with Crippen molar-refractivity contribution < 1.29 is 14.1 Å². The molecule has 0 bridgehead atoms. The monoisotopic (exact) mass is 316 g/mol. The van der Waals surface area contributed by atoms with E-state index in [2.05, 4.69) is 15.1 Å². The first-order valence-electron chi connectivity index (χ1n) is 7.78. The number of aryl methyl sites for hydroxylation is 1. The van der Waals surface area contributed by atoms with E-state index in [1.165, 1.54) is 0 Å². The summed E-state index contributed by atoms with van der Waals surface area (Å²) in [6, 6.07) is 3.77. The number of carbonyl (C=O) groups is 1. The zero-order valence-electron chi connectivity index (χ0n) is 13.1. The molecule has 0 radical (unpaired) electrons. The molecule has 0 spiro atoms. The minimum Gasteiger partial charge on any atom is -0.368 e. The average Bonchev–Trinajstić information content (AvgIpc) is 3.00. The summed E-state index contributed by atoms with van der Waals surface area (Å²) in [5, 5.41) is 3.73. The number of ether oxygens (including phenoxy) is 1. The van der Waals surface area contributed by atoms with Gasteiger partial charge >= 0.3 is 0 Å². The summed E-state index contributed by atoms with van der Waals surface area (Å²) in [5.74, 6) is 1.25. The van der Waals surface area contributed by atoms with Crippen LogP contribution in [0.5, 0.6) is 0 Å². The lowest BCUT2D eigenvalue weighted by molar-refractivity contribution is -0.133. The second-order valence-electron chi connectivity index (χ2n) is 5.66. The molecule has 23 heavy (non-hydrogen) atoms. The summed E-state index contributed by atoms with van der Waals surface area (Å²) in [5.41, 5.74) is 0.947. The Balaban J connectivity index is 1.42. The van der Waals surface area contributed by atoms with Crippen molar-refractivity contribution in [2.24, 2.45) is 0 Å². The predicted octanol–water partition coefficient (Wildman–Crippen LogP) is 1.52. The number of nitrogens with zero attached hydrogens (tertiary/aromatic N) is 4. The van der Waals surface area contributed by atoms with Gasteiger partial charge in [0.1, 0.15) is 6.61 Å². The Morgan fingerprint density at radius 1 is 1.43 bits per heavy atom. The number of hydrogen-bond acceptors (Lipinski definition) is 6. The van der Waals surface area contributed by atoms with Crippen LogP contribution in [0, 0.1) is 6.92 Å². The lowest BCUT2D eigenvalue weighted by atomic mass is 10.1. The maximum atomic E-state index is 12.3. The highest BCUT2D eigenvalue weighted by Crippen LogP contribution is 2.16. The van der Waals surface area contributed by atoms with E-state index < -0.39 is 0 Å². The summed E-state index contributed by atoms with van der Waals surface area (Å²) < 4.78 is 10.8. The van der Waals surface area contributed by atoms with Gasteiger partial charge in [-0.1, -0.05) is 11.2 Å². The van der Waals surface area contributed by atoms with Gasteiger partial charge in [0.25, 0.3) is 5.89 Å². The summed E-state index contributed by atoms with van der Waals surface area (Å²) >= 11 is 0. The van der Waals surface area contributed by atoms with Crippen LogP contribution < -0.4 is 0 Å². The number of pyridine rings is 1. The fourth-order valence-electron chi connectivity index (χ4n) is 2.65. The molecule has 7 heteroatoms. The third kappa shape index (κ3) is 4.35.